The number of anilines is 1. The van der Waals surface area contributed by atoms with Crippen molar-refractivity contribution in [3.63, 3.8) is 0 Å². The predicted molar refractivity (Wildman–Crippen MR) is 103 cm³/mol. The second-order valence-electron chi connectivity index (χ2n) is 6.22. The van der Waals surface area contributed by atoms with Crippen LogP contribution in [-0.2, 0) is 20.7 Å². The van der Waals surface area contributed by atoms with Crippen LogP contribution in [0.1, 0.15) is 24.5 Å². The third kappa shape index (κ3) is 7.72. The normalized spacial score (nSPS) is 11.3. The second-order valence-corrected chi connectivity index (χ2v) is 6.22. The van der Waals surface area contributed by atoms with Crippen LogP contribution < -0.4 is 10.6 Å². The van der Waals surface area contributed by atoms with Crippen molar-refractivity contribution in [1.29, 1.82) is 5.26 Å². The van der Waals surface area contributed by atoms with E-state index in [0.29, 0.717) is 11.3 Å². The molecule has 0 spiro atoms. The van der Waals surface area contributed by atoms with Gasteiger partial charge in [-0.05, 0) is 49.6 Å². The summed E-state index contributed by atoms with van der Waals surface area (Å²) in [5.74, 6) is -0.605. The maximum Gasteiger partial charge on any atom is 0.250 e. The van der Waals surface area contributed by atoms with E-state index in [9.17, 15) is 9.59 Å². The molecule has 2 aromatic rings. The second kappa shape index (κ2) is 10.7. The molecule has 140 valence electrons. The molecule has 0 heterocycles. The van der Waals surface area contributed by atoms with Crippen molar-refractivity contribution < 1.29 is 14.3 Å². The van der Waals surface area contributed by atoms with E-state index < -0.39 is 0 Å². The highest BCUT2D eigenvalue weighted by Crippen LogP contribution is 2.08. The van der Waals surface area contributed by atoms with Gasteiger partial charge < -0.3 is 15.4 Å². The van der Waals surface area contributed by atoms with Crippen molar-refractivity contribution in [1.82, 2.24) is 5.32 Å². The lowest BCUT2D eigenvalue weighted by atomic mass is 10.1. The van der Waals surface area contributed by atoms with E-state index in [1.165, 1.54) is 5.56 Å². The Morgan fingerprint density at radius 2 is 1.70 bits per heavy atom. The third-order valence-corrected chi connectivity index (χ3v) is 3.88. The van der Waals surface area contributed by atoms with Crippen LogP contribution >= 0.6 is 0 Å². The summed E-state index contributed by atoms with van der Waals surface area (Å²) in [5, 5.41) is 14.2. The average Bonchev–Trinajstić information content (AvgIpc) is 2.68. The van der Waals surface area contributed by atoms with Crippen molar-refractivity contribution in [2.24, 2.45) is 0 Å². The van der Waals surface area contributed by atoms with Gasteiger partial charge in [-0.1, -0.05) is 30.3 Å². The largest absolute Gasteiger partial charge is 0.362 e. The maximum absolute atomic E-state index is 11.9. The monoisotopic (exact) mass is 365 g/mol. The van der Waals surface area contributed by atoms with Crippen molar-refractivity contribution in [2.45, 2.75) is 25.8 Å². The number of nitrogens with zero attached hydrogens (tertiary/aromatic N) is 1. The van der Waals surface area contributed by atoms with Gasteiger partial charge in [0, 0.05) is 11.7 Å². The predicted octanol–water partition coefficient (Wildman–Crippen LogP) is 2.65. The molecular weight excluding hydrogens is 342 g/mol. The number of hydrogen-bond donors (Lipinski definition) is 2. The maximum atomic E-state index is 11.9. The summed E-state index contributed by atoms with van der Waals surface area (Å²) >= 11 is 0. The Hall–Kier alpha value is -3.17. The Morgan fingerprint density at radius 3 is 2.37 bits per heavy atom. The van der Waals surface area contributed by atoms with E-state index in [1.54, 1.807) is 24.3 Å². The van der Waals surface area contributed by atoms with Gasteiger partial charge in [-0.15, -0.1) is 0 Å². The molecule has 0 saturated heterocycles. The summed E-state index contributed by atoms with van der Waals surface area (Å²) in [6.45, 7) is 1.56. The standard InChI is InChI=1S/C21H23N3O3/c1-16(7-8-17-5-3-2-4-6-17)23-20(25)14-27-15-21(26)24-19-11-9-18(13-22)10-12-19/h2-6,9-12,16H,7-8,14-15H2,1H3,(H,23,25)(H,24,26). The van der Waals surface area contributed by atoms with Crippen molar-refractivity contribution in [3.05, 3.63) is 65.7 Å². The van der Waals surface area contributed by atoms with Crippen LogP contribution in [0.4, 0.5) is 5.69 Å². The summed E-state index contributed by atoms with van der Waals surface area (Å²) < 4.78 is 5.16. The fourth-order valence-electron chi connectivity index (χ4n) is 2.48. The van der Waals surface area contributed by atoms with E-state index in [1.807, 2.05) is 31.2 Å². The Bertz CT molecular complexity index is 783. The molecule has 0 saturated carbocycles. The molecule has 6 nitrogen and oxygen atoms in total. The van der Waals surface area contributed by atoms with Gasteiger partial charge in [-0.3, -0.25) is 9.59 Å². The molecule has 2 amide bonds. The minimum Gasteiger partial charge on any atom is -0.362 e. The van der Waals surface area contributed by atoms with E-state index >= 15 is 0 Å². The number of hydrogen-bond acceptors (Lipinski definition) is 4. The molecule has 0 radical (unpaired) electrons. The van der Waals surface area contributed by atoms with Crippen LogP contribution in [0.2, 0.25) is 0 Å². The number of nitriles is 1. The number of nitrogens with one attached hydrogen (secondary N) is 2. The van der Waals surface area contributed by atoms with Crippen molar-refractivity contribution in [3.8, 4) is 6.07 Å². The van der Waals surface area contributed by atoms with E-state index in [-0.39, 0.29) is 31.1 Å². The van der Waals surface area contributed by atoms with Gasteiger partial charge in [0.05, 0.1) is 11.6 Å². The zero-order chi connectivity index (χ0) is 19.5. The minimum absolute atomic E-state index is 0.0220. The first kappa shape index (κ1) is 20.1. The molecule has 27 heavy (non-hydrogen) atoms. The smallest absolute Gasteiger partial charge is 0.250 e. The molecule has 0 aliphatic carbocycles. The van der Waals surface area contributed by atoms with Gasteiger partial charge >= 0.3 is 0 Å². The Balaban J connectivity index is 1.61. The topological polar surface area (TPSA) is 91.2 Å². The Labute approximate surface area is 159 Å². The molecule has 2 aromatic carbocycles. The van der Waals surface area contributed by atoms with Crippen LogP contribution in [0.25, 0.3) is 0 Å². The lowest BCUT2D eigenvalue weighted by molar-refractivity contribution is -0.129. The molecule has 0 bridgehead atoms. The molecule has 0 aliphatic rings. The van der Waals surface area contributed by atoms with Crippen LogP contribution in [-0.4, -0.2) is 31.1 Å². The van der Waals surface area contributed by atoms with E-state index in [0.717, 1.165) is 12.8 Å². The van der Waals surface area contributed by atoms with Gasteiger partial charge in [0.1, 0.15) is 13.2 Å². The van der Waals surface area contributed by atoms with Gasteiger partial charge in [0.15, 0.2) is 0 Å². The zero-order valence-electron chi connectivity index (χ0n) is 15.3. The molecule has 2 rings (SSSR count). The molecule has 0 fully saturated rings. The Morgan fingerprint density at radius 1 is 1.04 bits per heavy atom. The molecule has 0 aliphatic heterocycles. The van der Waals surface area contributed by atoms with Gasteiger partial charge in [0.2, 0.25) is 11.8 Å². The fraction of sp³-hybridized carbons (Fsp3) is 0.286. The SMILES string of the molecule is CC(CCc1ccccc1)NC(=O)COCC(=O)Nc1ccc(C#N)cc1. The number of aryl methyl sites for hydroxylation is 1. The van der Waals surface area contributed by atoms with Crippen LogP contribution in [0, 0.1) is 11.3 Å². The van der Waals surface area contributed by atoms with Gasteiger partial charge in [-0.2, -0.15) is 5.26 Å². The first-order chi connectivity index (χ1) is 13.1. The quantitative estimate of drug-likeness (QED) is 0.715. The highest BCUT2D eigenvalue weighted by molar-refractivity contribution is 5.91. The average molecular weight is 365 g/mol. The van der Waals surface area contributed by atoms with Crippen molar-refractivity contribution >= 4 is 17.5 Å². The molecule has 1 atom stereocenters. The molecule has 1 unspecified atom stereocenters. The minimum atomic E-state index is -0.357. The highest BCUT2D eigenvalue weighted by Gasteiger charge is 2.09. The number of amides is 2. The molecule has 6 heteroatoms. The van der Waals surface area contributed by atoms with Gasteiger partial charge in [-0.25, -0.2) is 0 Å². The van der Waals surface area contributed by atoms with E-state index in [4.69, 9.17) is 10.00 Å². The molecule has 0 aromatic heterocycles. The van der Waals surface area contributed by atoms with Crippen LogP contribution in [0.15, 0.2) is 54.6 Å². The molecular formula is C21H23N3O3. The highest BCUT2D eigenvalue weighted by atomic mass is 16.5. The summed E-state index contributed by atoms with van der Waals surface area (Å²) in [6, 6.07) is 18.6. The van der Waals surface area contributed by atoms with Gasteiger partial charge in [0.25, 0.3) is 0 Å². The Kier molecular flexibility index (Phi) is 8.01. The summed E-state index contributed by atoms with van der Waals surface area (Å²) in [4.78, 5) is 23.7. The molecule has 2 N–H and O–H groups in total. The number of carbonyl (C=O) groups excluding carboxylic acids is 2. The van der Waals surface area contributed by atoms with E-state index in [2.05, 4.69) is 22.8 Å². The third-order valence-electron chi connectivity index (χ3n) is 3.88. The summed E-state index contributed by atoms with van der Waals surface area (Å²) in [6.07, 6.45) is 1.71. The number of benzene rings is 2. The first-order valence-corrected chi connectivity index (χ1v) is 8.78. The summed E-state index contributed by atoms with van der Waals surface area (Å²) in [7, 11) is 0. The van der Waals surface area contributed by atoms with Crippen LogP contribution in [0.5, 0.6) is 0 Å². The van der Waals surface area contributed by atoms with Crippen molar-refractivity contribution in [2.75, 3.05) is 18.5 Å². The fourth-order valence-corrected chi connectivity index (χ4v) is 2.48. The number of carbonyl (C=O) groups is 2. The lowest BCUT2D eigenvalue weighted by Gasteiger charge is -2.14. The zero-order valence-corrected chi connectivity index (χ0v) is 15.3. The lowest BCUT2D eigenvalue weighted by Crippen LogP contribution is -2.36. The first-order valence-electron chi connectivity index (χ1n) is 8.78. The van der Waals surface area contributed by atoms with Crippen LogP contribution in [0.3, 0.4) is 0 Å². The number of rotatable bonds is 9. The summed E-state index contributed by atoms with van der Waals surface area (Å²) in [5.41, 5.74) is 2.32. The number of ether oxygens (including phenoxy) is 1.